The van der Waals surface area contributed by atoms with Crippen LogP contribution >= 0.6 is 11.8 Å². The lowest BCUT2D eigenvalue weighted by molar-refractivity contribution is -0.131. The van der Waals surface area contributed by atoms with E-state index in [0.717, 1.165) is 31.6 Å². The Morgan fingerprint density at radius 3 is 3.04 bits per heavy atom. The van der Waals surface area contributed by atoms with E-state index in [1.54, 1.807) is 18.7 Å². The number of amides is 1. The van der Waals surface area contributed by atoms with Gasteiger partial charge in [-0.25, -0.2) is 0 Å². The van der Waals surface area contributed by atoms with E-state index in [2.05, 4.69) is 22.3 Å². The molecule has 1 fully saturated rings. The fourth-order valence-electron chi connectivity index (χ4n) is 3.39. The van der Waals surface area contributed by atoms with Gasteiger partial charge in [0.25, 0.3) is 0 Å². The van der Waals surface area contributed by atoms with Gasteiger partial charge in [-0.3, -0.25) is 4.79 Å². The van der Waals surface area contributed by atoms with Crippen molar-refractivity contribution in [3.63, 3.8) is 0 Å². The van der Waals surface area contributed by atoms with Gasteiger partial charge in [0.2, 0.25) is 11.8 Å². The molecule has 6 heteroatoms. The van der Waals surface area contributed by atoms with Crippen LogP contribution in [-0.4, -0.2) is 39.3 Å². The fourth-order valence-corrected chi connectivity index (χ4v) is 4.67. The highest BCUT2D eigenvalue weighted by molar-refractivity contribution is 8.01. The number of rotatable bonds is 2. The summed E-state index contributed by atoms with van der Waals surface area (Å²) < 4.78 is 5.09. The number of piperidine rings is 1. The normalized spacial score (nSPS) is 23.8. The number of hydrogen-bond donors (Lipinski definition) is 0. The van der Waals surface area contributed by atoms with Crippen LogP contribution < -0.4 is 0 Å². The zero-order valence-corrected chi connectivity index (χ0v) is 13.9. The van der Waals surface area contributed by atoms with Crippen LogP contribution in [0.2, 0.25) is 0 Å². The monoisotopic (exact) mass is 329 g/mol. The van der Waals surface area contributed by atoms with Crippen molar-refractivity contribution in [2.75, 3.05) is 13.1 Å². The quantitative estimate of drug-likeness (QED) is 0.848. The van der Waals surface area contributed by atoms with Gasteiger partial charge in [-0.05, 0) is 30.9 Å². The second-order valence-corrected chi connectivity index (χ2v) is 7.46. The van der Waals surface area contributed by atoms with Crippen LogP contribution in [0.15, 0.2) is 33.7 Å². The summed E-state index contributed by atoms with van der Waals surface area (Å²) in [5.74, 6) is 1.77. The second kappa shape index (κ2) is 6.00. The predicted octanol–water partition coefficient (Wildman–Crippen LogP) is 2.80. The average molecular weight is 329 g/mol. The molecule has 2 aliphatic rings. The Balaban J connectivity index is 1.45. The van der Waals surface area contributed by atoms with E-state index in [1.807, 2.05) is 17.0 Å². The minimum Gasteiger partial charge on any atom is -0.341 e. The van der Waals surface area contributed by atoms with Crippen molar-refractivity contribution in [2.24, 2.45) is 0 Å². The van der Waals surface area contributed by atoms with E-state index in [4.69, 9.17) is 4.52 Å². The molecule has 0 aliphatic carbocycles. The molecule has 2 atom stereocenters. The van der Waals surface area contributed by atoms with Crippen LogP contribution in [0.1, 0.15) is 36.0 Å². The molecule has 4 rings (SSSR count). The number of hydrogen-bond acceptors (Lipinski definition) is 5. The highest BCUT2D eigenvalue weighted by Crippen LogP contribution is 2.38. The molecule has 0 N–H and O–H groups in total. The summed E-state index contributed by atoms with van der Waals surface area (Å²) in [4.78, 5) is 20.5. The Morgan fingerprint density at radius 2 is 2.26 bits per heavy atom. The molecule has 0 spiro atoms. The van der Waals surface area contributed by atoms with Gasteiger partial charge >= 0.3 is 0 Å². The molecule has 3 heterocycles. The fraction of sp³-hybridized carbons (Fsp3) is 0.471. The Hall–Kier alpha value is -1.82. The SMILES string of the molecule is Cc1nc([C@H]2CCCN(C(=O)[C@@H]3Cc4ccccc4S3)C2)no1. The van der Waals surface area contributed by atoms with Gasteiger partial charge in [-0.1, -0.05) is 23.4 Å². The van der Waals surface area contributed by atoms with E-state index in [9.17, 15) is 4.79 Å². The van der Waals surface area contributed by atoms with E-state index < -0.39 is 0 Å². The van der Waals surface area contributed by atoms with Crippen LogP contribution in [0.3, 0.4) is 0 Å². The lowest BCUT2D eigenvalue weighted by Crippen LogP contribution is -2.43. The van der Waals surface area contributed by atoms with Crippen molar-refractivity contribution >= 4 is 17.7 Å². The summed E-state index contributed by atoms with van der Waals surface area (Å²) in [5, 5.41) is 4.05. The lowest BCUT2D eigenvalue weighted by atomic mass is 9.97. The first kappa shape index (κ1) is 14.8. The molecular weight excluding hydrogens is 310 g/mol. The summed E-state index contributed by atoms with van der Waals surface area (Å²) in [7, 11) is 0. The van der Waals surface area contributed by atoms with Crippen molar-refractivity contribution < 1.29 is 9.32 Å². The number of carbonyl (C=O) groups excluding carboxylic acids is 1. The third-order valence-corrected chi connectivity index (χ3v) is 5.87. The number of thioether (sulfide) groups is 1. The second-order valence-electron chi connectivity index (χ2n) is 6.21. The van der Waals surface area contributed by atoms with Crippen LogP contribution in [0, 0.1) is 6.92 Å². The maximum absolute atomic E-state index is 12.9. The topological polar surface area (TPSA) is 59.2 Å². The van der Waals surface area contributed by atoms with Crippen molar-refractivity contribution in [3.05, 3.63) is 41.5 Å². The minimum absolute atomic E-state index is 0.0122. The summed E-state index contributed by atoms with van der Waals surface area (Å²) in [6.07, 6.45) is 2.84. The average Bonchev–Trinajstić information content (AvgIpc) is 3.20. The predicted molar refractivity (Wildman–Crippen MR) is 87.4 cm³/mol. The first-order chi connectivity index (χ1) is 11.2. The van der Waals surface area contributed by atoms with Gasteiger partial charge in [0, 0.05) is 30.8 Å². The third-order valence-electron chi connectivity index (χ3n) is 4.56. The molecule has 1 aromatic carbocycles. The van der Waals surface area contributed by atoms with Gasteiger partial charge in [-0.2, -0.15) is 4.98 Å². The number of carbonyl (C=O) groups is 1. The van der Waals surface area contributed by atoms with Crippen LogP contribution in [0.25, 0.3) is 0 Å². The molecular formula is C17H19N3O2S. The first-order valence-corrected chi connectivity index (χ1v) is 8.92. The molecule has 5 nitrogen and oxygen atoms in total. The highest BCUT2D eigenvalue weighted by Gasteiger charge is 2.34. The largest absolute Gasteiger partial charge is 0.341 e. The zero-order chi connectivity index (χ0) is 15.8. The summed E-state index contributed by atoms with van der Waals surface area (Å²) in [6, 6.07) is 8.31. The summed E-state index contributed by atoms with van der Waals surface area (Å²) in [6.45, 7) is 3.33. The van der Waals surface area contributed by atoms with Crippen LogP contribution in [-0.2, 0) is 11.2 Å². The number of aryl methyl sites for hydroxylation is 1. The molecule has 1 saturated heterocycles. The van der Waals surface area contributed by atoms with E-state index in [-0.39, 0.29) is 17.1 Å². The summed E-state index contributed by atoms with van der Waals surface area (Å²) >= 11 is 1.70. The Morgan fingerprint density at radius 1 is 1.39 bits per heavy atom. The maximum Gasteiger partial charge on any atom is 0.236 e. The summed E-state index contributed by atoms with van der Waals surface area (Å²) in [5.41, 5.74) is 1.29. The third kappa shape index (κ3) is 2.87. The Bertz CT molecular complexity index is 705. The van der Waals surface area contributed by atoms with Gasteiger partial charge < -0.3 is 9.42 Å². The van der Waals surface area contributed by atoms with Gasteiger partial charge in [0.05, 0.1) is 5.25 Å². The number of nitrogens with zero attached hydrogens (tertiary/aromatic N) is 3. The van der Waals surface area contributed by atoms with Crippen molar-refractivity contribution in [1.82, 2.24) is 15.0 Å². The molecule has 0 radical (unpaired) electrons. The van der Waals surface area contributed by atoms with Gasteiger partial charge in [-0.15, -0.1) is 11.8 Å². The smallest absolute Gasteiger partial charge is 0.236 e. The Kier molecular flexibility index (Phi) is 3.85. The highest BCUT2D eigenvalue weighted by atomic mass is 32.2. The molecule has 2 aliphatic heterocycles. The van der Waals surface area contributed by atoms with E-state index in [0.29, 0.717) is 12.4 Å². The molecule has 23 heavy (non-hydrogen) atoms. The molecule has 2 aromatic rings. The number of aromatic nitrogens is 2. The van der Waals surface area contributed by atoms with E-state index >= 15 is 0 Å². The van der Waals surface area contributed by atoms with Gasteiger partial charge in [0.15, 0.2) is 5.82 Å². The number of benzene rings is 1. The van der Waals surface area contributed by atoms with Crippen molar-refractivity contribution in [2.45, 2.75) is 42.2 Å². The van der Waals surface area contributed by atoms with Gasteiger partial charge in [0.1, 0.15) is 0 Å². The molecule has 1 aromatic heterocycles. The number of fused-ring (bicyclic) bond motifs is 1. The molecule has 120 valence electrons. The molecule has 0 bridgehead atoms. The molecule has 0 unspecified atom stereocenters. The molecule has 1 amide bonds. The standard InChI is InChI=1S/C17H19N3O2S/c1-11-18-16(19-22-11)13-6-4-8-20(10-13)17(21)15-9-12-5-2-3-7-14(12)23-15/h2-3,5,7,13,15H,4,6,8-10H2,1H3/t13-,15-/m0/s1. The maximum atomic E-state index is 12.9. The number of likely N-dealkylation sites (tertiary alicyclic amines) is 1. The lowest BCUT2D eigenvalue weighted by Gasteiger charge is -2.32. The first-order valence-electron chi connectivity index (χ1n) is 8.04. The van der Waals surface area contributed by atoms with E-state index in [1.165, 1.54) is 10.5 Å². The Labute approximate surface area is 139 Å². The van der Waals surface area contributed by atoms with Crippen LogP contribution in [0.5, 0.6) is 0 Å². The van der Waals surface area contributed by atoms with Crippen molar-refractivity contribution in [3.8, 4) is 0 Å². The minimum atomic E-state index is 0.0122. The molecule has 0 saturated carbocycles. The zero-order valence-electron chi connectivity index (χ0n) is 13.1. The van der Waals surface area contributed by atoms with Crippen molar-refractivity contribution in [1.29, 1.82) is 0 Å². The van der Waals surface area contributed by atoms with Crippen LogP contribution in [0.4, 0.5) is 0 Å².